The molecule has 4 atom stereocenters. The van der Waals surface area contributed by atoms with Gasteiger partial charge in [0.2, 0.25) is 17.7 Å². The lowest BCUT2D eigenvalue weighted by molar-refractivity contribution is -0.149. The smallest absolute Gasteiger partial charge is 0.242 e. The molecule has 146 valence electrons. The summed E-state index contributed by atoms with van der Waals surface area (Å²) >= 11 is 0. The van der Waals surface area contributed by atoms with Crippen LogP contribution in [0.2, 0.25) is 0 Å². The summed E-state index contributed by atoms with van der Waals surface area (Å²) < 4.78 is 5.72. The highest BCUT2D eigenvalue weighted by Crippen LogP contribution is 2.48. The minimum atomic E-state index is -0.343. The predicted molar refractivity (Wildman–Crippen MR) is 96.7 cm³/mol. The van der Waals surface area contributed by atoms with Gasteiger partial charge in [-0.25, -0.2) is 0 Å². The van der Waals surface area contributed by atoms with Gasteiger partial charge < -0.3 is 15.0 Å². The van der Waals surface area contributed by atoms with Gasteiger partial charge in [0.25, 0.3) is 0 Å². The fourth-order valence-corrected chi connectivity index (χ4v) is 4.90. The molecule has 26 heavy (non-hydrogen) atoms. The Labute approximate surface area is 160 Å². The fraction of sp³-hybridized carbons (Fsp3) is 0.833. The highest BCUT2D eigenvalue weighted by molar-refractivity contribution is 6.08. The number of halogens is 1. The number of rotatable bonds is 5. The Morgan fingerprint density at radius 3 is 2.19 bits per heavy atom. The van der Waals surface area contributed by atoms with Crippen LogP contribution in [-0.4, -0.2) is 72.5 Å². The Morgan fingerprint density at radius 1 is 1.08 bits per heavy atom. The molecule has 0 aromatic rings. The van der Waals surface area contributed by atoms with Crippen LogP contribution in [-0.2, 0) is 19.1 Å². The van der Waals surface area contributed by atoms with E-state index in [1.807, 2.05) is 4.90 Å². The second-order valence-electron chi connectivity index (χ2n) is 7.74. The molecule has 2 bridgehead atoms. The summed E-state index contributed by atoms with van der Waals surface area (Å²) in [7, 11) is 0. The molecule has 4 aliphatic rings. The normalized spacial score (nSPS) is 33.6. The number of nitrogens with zero attached hydrogens (tertiary/aromatic N) is 2. The van der Waals surface area contributed by atoms with Gasteiger partial charge in [0.1, 0.15) is 6.54 Å². The van der Waals surface area contributed by atoms with Crippen molar-refractivity contribution in [3.63, 3.8) is 0 Å². The molecule has 8 heteroatoms. The number of fused-ring (bicyclic) bond motifs is 5. The summed E-state index contributed by atoms with van der Waals surface area (Å²) in [4.78, 5) is 40.9. The summed E-state index contributed by atoms with van der Waals surface area (Å²) in [6.45, 7) is 5.39. The molecule has 1 N–H and O–H groups in total. The second-order valence-corrected chi connectivity index (χ2v) is 7.74. The van der Waals surface area contributed by atoms with Crippen molar-refractivity contribution >= 4 is 30.1 Å². The summed E-state index contributed by atoms with van der Waals surface area (Å²) in [6.07, 6.45) is 3.42. The molecule has 0 spiro atoms. The molecule has 0 aliphatic carbocycles. The van der Waals surface area contributed by atoms with Crippen molar-refractivity contribution in [2.45, 2.75) is 44.8 Å². The monoisotopic (exact) mass is 385 g/mol. The molecule has 4 fully saturated rings. The molecule has 0 saturated carbocycles. The van der Waals surface area contributed by atoms with Gasteiger partial charge in [-0.05, 0) is 44.7 Å². The van der Waals surface area contributed by atoms with Gasteiger partial charge in [0.15, 0.2) is 0 Å². The van der Waals surface area contributed by atoms with Crippen LogP contribution in [0, 0.1) is 17.8 Å². The van der Waals surface area contributed by atoms with E-state index < -0.39 is 0 Å². The lowest BCUT2D eigenvalue weighted by Crippen LogP contribution is -2.47. The van der Waals surface area contributed by atoms with E-state index in [0.717, 1.165) is 38.8 Å². The maximum atomic E-state index is 12.6. The minimum Gasteiger partial charge on any atom is -0.373 e. The number of carbonyl (C=O) groups is 3. The largest absolute Gasteiger partial charge is 0.373 e. The number of carbonyl (C=O) groups excluding carboxylic acids is 3. The zero-order chi connectivity index (χ0) is 17.6. The third-order valence-electron chi connectivity index (χ3n) is 6.32. The van der Waals surface area contributed by atoms with E-state index >= 15 is 0 Å². The summed E-state index contributed by atoms with van der Waals surface area (Å²) in [5.41, 5.74) is 0. The average molecular weight is 386 g/mol. The van der Waals surface area contributed by atoms with Crippen molar-refractivity contribution in [1.82, 2.24) is 15.1 Å². The molecule has 7 nitrogen and oxygen atoms in total. The molecule has 0 radical (unpaired) electrons. The van der Waals surface area contributed by atoms with Crippen molar-refractivity contribution in [2.75, 3.05) is 32.7 Å². The molecule has 3 amide bonds. The quantitative estimate of drug-likeness (QED) is 0.694. The predicted octanol–water partition coefficient (Wildman–Crippen LogP) is 0.419. The van der Waals surface area contributed by atoms with Crippen molar-refractivity contribution in [3.8, 4) is 0 Å². The lowest BCUT2D eigenvalue weighted by Gasteiger charge is -2.33. The first kappa shape index (κ1) is 19.6. The van der Waals surface area contributed by atoms with Crippen LogP contribution in [0.3, 0.4) is 0 Å². The first-order valence-corrected chi connectivity index (χ1v) is 9.59. The van der Waals surface area contributed by atoms with E-state index in [9.17, 15) is 14.4 Å². The number of imide groups is 1. The number of likely N-dealkylation sites (tertiary alicyclic amines) is 2. The number of piperidine rings is 1. The van der Waals surface area contributed by atoms with Crippen molar-refractivity contribution < 1.29 is 19.1 Å². The van der Waals surface area contributed by atoms with Crippen molar-refractivity contribution in [3.05, 3.63) is 0 Å². The Kier molecular flexibility index (Phi) is 5.89. The molecule has 4 aliphatic heterocycles. The molecular weight excluding hydrogens is 358 g/mol. The van der Waals surface area contributed by atoms with Crippen LogP contribution in [0.25, 0.3) is 0 Å². The van der Waals surface area contributed by atoms with Crippen LogP contribution in [0.1, 0.15) is 32.6 Å². The number of hydrogen-bond acceptors (Lipinski definition) is 5. The van der Waals surface area contributed by atoms with E-state index in [0.29, 0.717) is 19.0 Å². The minimum absolute atomic E-state index is 0. The van der Waals surface area contributed by atoms with Crippen LogP contribution >= 0.6 is 12.4 Å². The number of ether oxygens (including phenoxy) is 1. The van der Waals surface area contributed by atoms with E-state index in [-0.39, 0.29) is 60.7 Å². The Hall–Kier alpha value is -1.18. The van der Waals surface area contributed by atoms with Crippen LogP contribution < -0.4 is 5.32 Å². The van der Waals surface area contributed by atoms with Gasteiger partial charge in [-0.1, -0.05) is 6.92 Å². The van der Waals surface area contributed by atoms with Gasteiger partial charge in [-0.3, -0.25) is 19.3 Å². The van der Waals surface area contributed by atoms with Crippen LogP contribution in [0.4, 0.5) is 0 Å². The molecule has 4 saturated heterocycles. The van der Waals surface area contributed by atoms with Crippen molar-refractivity contribution in [1.29, 1.82) is 0 Å². The van der Waals surface area contributed by atoms with Crippen LogP contribution in [0.5, 0.6) is 0 Å². The van der Waals surface area contributed by atoms with Gasteiger partial charge in [-0.2, -0.15) is 0 Å². The number of nitrogens with one attached hydrogen (secondary N) is 1. The second kappa shape index (κ2) is 7.82. The zero-order valence-corrected chi connectivity index (χ0v) is 16.0. The fourth-order valence-electron chi connectivity index (χ4n) is 4.90. The van der Waals surface area contributed by atoms with Gasteiger partial charge in [-0.15, -0.1) is 12.4 Å². The summed E-state index contributed by atoms with van der Waals surface area (Å²) in [6, 6.07) is 0. The molecule has 4 unspecified atom stereocenters. The van der Waals surface area contributed by atoms with E-state index in [2.05, 4.69) is 12.2 Å². The first-order chi connectivity index (χ1) is 12.1. The first-order valence-electron chi connectivity index (χ1n) is 9.59. The standard InChI is InChI=1S/C18H27N3O4.ClH/c1-2-19-9-11-5-7-20(8-6-11)14(22)10-21-17(23)15-12-3-4-13(25-12)16(15)18(21)24;/h11-13,15-16,19H,2-10H2,1H3;1H. The third-order valence-corrected chi connectivity index (χ3v) is 6.32. The maximum absolute atomic E-state index is 12.6. The zero-order valence-electron chi connectivity index (χ0n) is 15.2. The summed E-state index contributed by atoms with van der Waals surface area (Å²) in [5.74, 6) is -0.576. The van der Waals surface area contributed by atoms with Crippen molar-refractivity contribution in [2.24, 2.45) is 17.8 Å². The van der Waals surface area contributed by atoms with Crippen LogP contribution in [0.15, 0.2) is 0 Å². The Bertz CT molecular complexity index is 551. The highest BCUT2D eigenvalue weighted by Gasteiger charge is 2.62. The van der Waals surface area contributed by atoms with E-state index in [1.165, 1.54) is 4.90 Å². The Morgan fingerprint density at radius 2 is 1.65 bits per heavy atom. The highest BCUT2D eigenvalue weighted by atomic mass is 35.5. The molecule has 4 heterocycles. The Balaban J connectivity index is 0.00000196. The van der Waals surface area contributed by atoms with Gasteiger partial charge >= 0.3 is 0 Å². The van der Waals surface area contributed by atoms with E-state index in [1.54, 1.807) is 0 Å². The maximum Gasteiger partial charge on any atom is 0.242 e. The lowest BCUT2D eigenvalue weighted by atomic mass is 9.81. The SMILES string of the molecule is CCNCC1CCN(C(=O)CN2C(=O)C3C4CCC(O4)C3C2=O)CC1.Cl. The molecule has 0 aromatic heterocycles. The molecule has 4 rings (SSSR count). The van der Waals surface area contributed by atoms with Gasteiger partial charge in [0.05, 0.1) is 24.0 Å². The molecule has 0 aromatic carbocycles. The summed E-state index contributed by atoms with van der Waals surface area (Å²) in [5, 5.41) is 3.36. The average Bonchev–Trinajstić information content (AvgIpc) is 3.30. The topological polar surface area (TPSA) is 79.0 Å². The molecular formula is C18H28ClN3O4. The number of hydrogen-bond donors (Lipinski definition) is 1. The number of amides is 3. The van der Waals surface area contributed by atoms with E-state index in [4.69, 9.17) is 4.74 Å². The van der Waals surface area contributed by atoms with Gasteiger partial charge in [0, 0.05) is 13.1 Å². The third kappa shape index (κ3) is 3.25.